The summed E-state index contributed by atoms with van der Waals surface area (Å²) in [6, 6.07) is 2.18. The van der Waals surface area contributed by atoms with Gasteiger partial charge in [0.25, 0.3) is 0 Å². The lowest BCUT2D eigenvalue weighted by Gasteiger charge is -2.08. The quantitative estimate of drug-likeness (QED) is 0.585. The summed E-state index contributed by atoms with van der Waals surface area (Å²) in [5.41, 5.74) is -0.985. The Morgan fingerprint density at radius 1 is 1.24 bits per heavy atom. The third kappa shape index (κ3) is 4.97. The van der Waals surface area contributed by atoms with Crippen LogP contribution >= 0.6 is 0 Å². The van der Waals surface area contributed by atoms with E-state index in [9.17, 15) is 22.4 Å². The number of aryl methyl sites for hydroxylation is 1. The molecule has 17 heavy (non-hydrogen) atoms. The molecular weight excluding hydrogens is 236 g/mol. The second-order valence-electron chi connectivity index (χ2n) is 3.01. The summed E-state index contributed by atoms with van der Waals surface area (Å²) in [6.07, 6.45) is -3.94. The maximum Gasteiger partial charge on any atom is 0.416 e. The van der Waals surface area contributed by atoms with Crippen LogP contribution in [0, 0.1) is 5.82 Å². The van der Waals surface area contributed by atoms with Gasteiger partial charge in [0.1, 0.15) is 12.1 Å². The first kappa shape index (κ1) is 15.6. The van der Waals surface area contributed by atoms with Crippen molar-refractivity contribution in [2.24, 2.45) is 0 Å². The average Bonchev–Trinajstić information content (AvgIpc) is 2.29. The first-order valence-corrected chi connectivity index (χ1v) is 5.24. The van der Waals surface area contributed by atoms with Crippen molar-refractivity contribution in [3.63, 3.8) is 0 Å². The zero-order valence-corrected chi connectivity index (χ0v) is 9.64. The number of hydrogen-bond donors (Lipinski definition) is 0. The van der Waals surface area contributed by atoms with E-state index in [1.165, 1.54) is 0 Å². The van der Waals surface area contributed by atoms with E-state index in [4.69, 9.17) is 0 Å². The molecule has 0 saturated carbocycles. The van der Waals surface area contributed by atoms with Crippen molar-refractivity contribution in [1.82, 2.24) is 0 Å². The van der Waals surface area contributed by atoms with Gasteiger partial charge in [-0.2, -0.15) is 13.2 Å². The minimum atomic E-state index is -4.48. The lowest BCUT2D eigenvalue weighted by molar-refractivity contribution is -0.137. The average molecular weight is 250 g/mol. The van der Waals surface area contributed by atoms with Crippen molar-refractivity contribution in [2.45, 2.75) is 32.9 Å². The van der Waals surface area contributed by atoms with Crippen molar-refractivity contribution in [2.75, 3.05) is 0 Å². The fourth-order valence-corrected chi connectivity index (χ4v) is 1.16. The lowest BCUT2D eigenvalue weighted by Crippen LogP contribution is -2.06. The summed E-state index contributed by atoms with van der Waals surface area (Å²) < 4.78 is 49.7. The third-order valence-corrected chi connectivity index (χ3v) is 1.90. The van der Waals surface area contributed by atoms with Gasteiger partial charge in [0, 0.05) is 6.42 Å². The molecule has 1 nitrogen and oxygen atoms in total. The highest BCUT2D eigenvalue weighted by Gasteiger charge is 2.30. The Bertz CT molecular complexity index is 358. The van der Waals surface area contributed by atoms with Crippen LogP contribution in [-0.2, 0) is 17.4 Å². The smallest absolute Gasteiger partial charge is 0.303 e. The number of benzene rings is 1. The van der Waals surface area contributed by atoms with Crippen molar-refractivity contribution in [3.05, 3.63) is 35.1 Å². The van der Waals surface area contributed by atoms with Gasteiger partial charge in [0.15, 0.2) is 0 Å². The van der Waals surface area contributed by atoms with Gasteiger partial charge < -0.3 is 4.79 Å². The maximum atomic E-state index is 13.0. The number of hydrogen-bond acceptors (Lipinski definition) is 1. The van der Waals surface area contributed by atoms with Crippen molar-refractivity contribution in [3.8, 4) is 0 Å². The molecule has 1 rings (SSSR count). The number of carbonyl (C=O) groups excluding carboxylic acids is 1. The van der Waals surface area contributed by atoms with E-state index in [0.29, 0.717) is 12.4 Å². The predicted octanol–water partition coefficient (Wildman–Crippen LogP) is 4.00. The van der Waals surface area contributed by atoms with Crippen LogP contribution in [0.4, 0.5) is 17.6 Å². The SMILES string of the molecule is CC.O=CCCc1cc(C(F)(F)F)ccc1F. The molecule has 0 heterocycles. The molecule has 0 amide bonds. The molecule has 1 aromatic carbocycles. The predicted molar refractivity (Wildman–Crippen MR) is 57.1 cm³/mol. The normalized spacial score (nSPS) is 10.5. The van der Waals surface area contributed by atoms with Crippen LogP contribution in [-0.4, -0.2) is 6.29 Å². The molecule has 0 unspecified atom stereocenters. The second kappa shape index (κ2) is 7.04. The molecule has 0 aliphatic rings. The van der Waals surface area contributed by atoms with Gasteiger partial charge in [-0.3, -0.25) is 0 Å². The summed E-state index contributed by atoms with van der Waals surface area (Å²) in [5.74, 6) is -0.718. The van der Waals surface area contributed by atoms with Crippen LogP contribution in [0.5, 0.6) is 0 Å². The molecule has 0 N–H and O–H groups in total. The van der Waals surface area contributed by atoms with Gasteiger partial charge in [0.05, 0.1) is 5.56 Å². The van der Waals surface area contributed by atoms with Gasteiger partial charge in [-0.05, 0) is 30.2 Å². The summed E-state index contributed by atoms with van der Waals surface area (Å²) in [7, 11) is 0. The van der Waals surface area contributed by atoms with E-state index in [0.717, 1.165) is 12.1 Å². The molecule has 1 aromatic rings. The molecule has 0 radical (unpaired) electrons. The summed E-state index contributed by atoms with van der Waals surface area (Å²) in [4.78, 5) is 10.0. The maximum absolute atomic E-state index is 13.0. The topological polar surface area (TPSA) is 17.1 Å². The highest BCUT2D eigenvalue weighted by atomic mass is 19.4. The lowest BCUT2D eigenvalue weighted by atomic mass is 10.1. The van der Waals surface area contributed by atoms with E-state index in [1.807, 2.05) is 13.8 Å². The highest BCUT2D eigenvalue weighted by Crippen LogP contribution is 2.30. The Kier molecular flexibility index (Phi) is 6.46. The fraction of sp³-hybridized carbons (Fsp3) is 0.417. The standard InChI is InChI=1S/C10H8F4O.C2H6/c11-9-4-3-8(10(12,13)14)6-7(9)2-1-5-15;1-2/h3-6H,1-2H2;1-2H3. The number of aldehydes is 1. The van der Waals surface area contributed by atoms with E-state index < -0.39 is 17.6 Å². The molecule has 0 fully saturated rings. The first-order chi connectivity index (χ1) is 7.95. The number of rotatable bonds is 3. The Morgan fingerprint density at radius 2 is 1.82 bits per heavy atom. The van der Waals surface area contributed by atoms with Crippen molar-refractivity contribution < 1.29 is 22.4 Å². The van der Waals surface area contributed by atoms with Crippen molar-refractivity contribution in [1.29, 1.82) is 0 Å². The number of alkyl halides is 3. The van der Waals surface area contributed by atoms with Gasteiger partial charge in [-0.25, -0.2) is 4.39 Å². The zero-order valence-electron chi connectivity index (χ0n) is 9.64. The van der Waals surface area contributed by atoms with Gasteiger partial charge >= 0.3 is 6.18 Å². The second-order valence-corrected chi connectivity index (χ2v) is 3.01. The van der Waals surface area contributed by atoms with E-state index >= 15 is 0 Å². The number of carbonyl (C=O) groups is 1. The fourth-order valence-electron chi connectivity index (χ4n) is 1.16. The molecule has 0 aromatic heterocycles. The highest BCUT2D eigenvalue weighted by molar-refractivity contribution is 5.50. The molecule has 5 heteroatoms. The monoisotopic (exact) mass is 250 g/mol. The number of halogens is 4. The molecule has 96 valence electrons. The Labute approximate surface area is 97.5 Å². The summed E-state index contributed by atoms with van der Waals surface area (Å²) >= 11 is 0. The molecule has 0 saturated heterocycles. The summed E-state index contributed by atoms with van der Waals surface area (Å²) in [5, 5.41) is 0. The van der Waals surface area contributed by atoms with Crippen LogP contribution in [0.2, 0.25) is 0 Å². The minimum Gasteiger partial charge on any atom is -0.303 e. The van der Waals surface area contributed by atoms with Crippen LogP contribution in [0.1, 0.15) is 31.4 Å². The minimum absolute atomic E-state index is 0.0121. The van der Waals surface area contributed by atoms with Crippen LogP contribution in [0.3, 0.4) is 0 Å². The molecule has 0 aliphatic carbocycles. The van der Waals surface area contributed by atoms with Crippen molar-refractivity contribution >= 4 is 6.29 Å². The third-order valence-electron chi connectivity index (χ3n) is 1.90. The van der Waals surface area contributed by atoms with Crippen LogP contribution in [0.25, 0.3) is 0 Å². The van der Waals surface area contributed by atoms with Crippen LogP contribution < -0.4 is 0 Å². The Hall–Kier alpha value is -1.39. The molecule has 0 bridgehead atoms. The Morgan fingerprint density at radius 3 is 2.29 bits per heavy atom. The molecule has 0 atom stereocenters. The Balaban J connectivity index is 0.00000121. The van der Waals surface area contributed by atoms with Gasteiger partial charge in [-0.15, -0.1) is 0 Å². The molecule has 0 spiro atoms. The van der Waals surface area contributed by atoms with Crippen LogP contribution in [0.15, 0.2) is 18.2 Å². The summed E-state index contributed by atoms with van der Waals surface area (Å²) in [6.45, 7) is 4.00. The van der Waals surface area contributed by atoms with Gasteiger partial charge in [-0.1, -0.05) is 13.8 Å². The molecular formula is C12H14F4O. The largest absolute Gasteiger partial charge is 0.416 e. The van der Waals surface area contributed by atoms with Gasteiger partial charge in [0.2, 0.25) is 0 Å². The van der Waals surface area contributed by atoms with E-state index in [-0.39, 0.29) is 18.4 Å². The van der Waals surface area contributed by atoms with E-state index in [2.05, 4.69) is 0 Å². The van der Waals surface area contributed by atoms with E-state index in [1.54, 1.807) is 0 Å². The zero-order chi connectivity index (χ0) is 13.5. The first-order valence-electron chi connectivity index (χ1n) is 5.24. The molecule has 0 aliphatic heterocycles.